The highest BCUT2D eigenvalue weighted by Gasteiger charge is 2.16. The fourth-order valence-corrected chi connectivity index (χ4v) is 2.21. The van der Waals surface area contributed by atoms with Crippen molar-refractivity contribution < 1.29 is 0 Å². The normalized spacial score (nSPS) is 16.5. The molecule has 2 aromatic heterocycles. The molecular weight excluding hydrogens is 188 g/mol. The SMILES string of the molecule is Cc1ccc(N2CCCC2)n2ncnc12. The van der Waals surface area contributed by atoms with Gasteiger partial charge < -0.3 is 4.90 Å². The molecule has 0 aliphatic carbocycles. The van der Waals surface area contributed by atoms with Gasteiger partial charge >= 0.3 is 0 Å². The van der Waals surface area contributed by atoms with Crippen LogP contribution in [0.3, 0.4) is 0 Å². The number of fused-ring (bicyclic) bond motifs is 1. The van der Waals surface area contributed by atoms with Crippen molar-refractivity contribution in [2.45, 2.75) is 19.8 Å². The van der Waals surface area contributed by atoms with Crippen molar-refractivity contribution in [3.63, 3.8) is 0 Å². The summed E-state index contributed by atoms with van der Waals surface area (Å²) in [5.74, 6) is 1.17. The standard InChI is InChI=1S/C11H14N4/c1-9-4-5-10(14-6-2-3-7-14)15-11(9)12-8-13-15/h4-5,8H,2-3,6-7H2,1H3. The van der Waals surface area contributed by atoms with Crippen LogP contribution in [0, 0.1) is 6.92 Å². The lowest BCUT2D eigenvalue weighted by molar-refractivity contribution is 0.859. The Morgan fingerprint density at radius 2 is 2.00 bits per heavy atom. The van der Waals surface area contributed by atoms with Gasteiger partial charge in [0.1, 0.15) is 12.1 Å². The van der Waals surface area contributed by atoms with Crippen LogP contribution in [-0.2, 0) is 0 Å². The van der Waals surface area contributed by atoms with Crippen molar-refractivity contribution in [2.75, 3.05) is 18.0 Å². The molecule has 4 heteroatoms. The van der Waals surface area contributed by atoms with Crippen LogP contribution in [0.4, 0.5) is 5.82 Å². The Bertz CT molecular complexity index is 482. The first-order chi connectivity index (χ1) is 7.36. The van der Waals surface area contributed by atoms with Crippen molar-refractivity contribution >= 4 is 11.5 Å². The Balaban J connectivity index is 2.17. The molecule has 1 fully saturated rings. The lowest BCUT2D eigenvalue weighted by atomic mass is 10.3. The van der Waals surface area contributed by atoms with E-state index in [0.29, 0.717) is 0 Å². The van der Waals surface area contributed by atoms with Crippen molar-refractivity contribution in [3.05, 3.63) is 24.0 Å². The van der Waals surface area contributed by atoms with Crippen LogP contribution >= 0.6 is 0 Å². The Kier molecular flexibility index (Phi) is 1.87. The summed E-state index contributed by atoms with van der Waals surface area (Å²) in [7, 11) is 0. The van der Waals surface area contributed by atoms with E-state index in [1.807, 2.05) is 4.52 Å². The average molecular weight is 202 g/mol. The highest BCUT2D eigenvalue weighted by Crippen LogP contribution is 2.21. The second-order valence-corrected chi connectivity index (χ2v) is 4.06. The number of hydrogen-bond acceptors (Lipinski definition) is 3. The predicted molar refractivity (Wildman–Crippen MR) is 59.2 cm³/mol. The van der Waals surface area contributed by atoms with Gasteiger partial charge in [0.2, 0.25) is 0 Å². The summed E-state index contributed by atoms with van der Waals surface area (Å²) in [4.78, 5) is 6.65. The molecule has 0 bridgehead atoms. The van der Waals surface area contributed by atoms with Crippen LogP contribution in [-0.4, -0.2) is 27.7 Å². The minimum atomic E-state index is 0.972. The molecule has 1 aliphatic rings. The first-order valence-electron chi connectivity index (χ1n) is 5.40. The van der Waals surface area contributed by atoms with Gasteiger partial charge in [0, 0.05) is 13.1 Å². The summed E-state index contributed by atoms with van der Waals surface area (Å²) >= 11 is 0. The number of aryl methyl sites for hydroxylation is 1. The maximum absolute atomic E-state index is 4.29. The van der Waals surface area contributed by atoms with Gasteiger partial charge in [-0.15, -0.1) is 0 Å². The molecule has 1 saturated heterocycles. The molecule has 1 aliphatic heterocycles. The molecule has 0 amide bonds. The molecule has 0 atom stereocenters. The molecule has 2 aromatic rings. The van der Waals surface area contributed by atoms with Crippen LogP contribution in [0.2, 0.25) is 0 Å². The Hall–Kier alpha value is -1.58. The number of anilines is 1. The van der Waals surface area contributed by atoms with Gasteiger partial charge in [0.25, 0.3) is 0 Å². The van der Waals surface area contributed by atoms with E-state index in [0.717, 1.165) is 18.7 Å². The lowest BCUT2D eigenvalue weighted by Gasteiger charge is -2.18. The molecule has 0 N–H and O–H groups in total. The molecular formula is C11H14N4. The number of hydrogen-bond donors (Lipinski definition) is 0. The van der Waals surface area contributed by atoms with Gasteiger partial charge in [0.15, 0.2) is 5.65 Å². The summed E-state index contributed by atoms with van der Waals surface area (Å²) in [5, 5.41) is 4.29. The van der Waals surface area contributed by atoms with Crippen LogP contribution in [0.25, 0.3) is 5.65 Å². The van der Waals surface area contributed by atoms with E-state index < -0.39 is 0 Å². The third kappa shape index (κ3) is 1.28. The second kappa shape index (κ2) is 3.22. The minimum Gasteiger partial charge on any atom is -0.356 e. The summed E-state index contributed by atoms with van der Waals surface area (Å²) in [6.07, 6.45) is 4.19. The Labute approximate surface area is 88.5 Å². The monoisotopic (exact) mass is 202 g/mol. The summed E-state index contributed by atoms with van der Waals surface area (Å²) < 4.78 is 1.95. The van der Waals surface area contributed by atoms with Crippen molar-refractivity contribution in [2.24, 2.45) is 0 Å². The molecule has 15 heavy (non-hydrogen) atoms. The topological polar surface area (TPSA) is 33.4 Å². The molecule has 3 rings (SSSR count). The quantitative estimate of drug-likeness (QED) is 0.705. The van der Waals surface area contributed by atoms with Gasteiger partial charge in [-0.3, -0.25) is 0 Å². The Morgan fingerprint density at radius 1 is 1.20 bits per heavy atom. The van der Waals surface area contributed by atoms with Crippen LogP contribution in [0.1, 0.15) is 18.4 Å². The molecule has 78 valence electrons. The van der Waals surface area contributed by atoms with E-state index in [1.54, 1.807) is 6.33 Å². The zero-order chi connectivity index (χ0) is 10.3. The van der Waals surface area contributed by atoms with E-state index in [1.165, 1.54) is 24.2 Å². The van der Waals surface area contributed by atoms with Crippen molar-refractivity contribution in [1.29, 1.82) is 0 Å². The number of rotatable bonds is 1. The van der Waals surface area contributed by atoms with E-state index >= 15 is 0 Å². The van der Waals surface area contributed by atoms with Gasteiger partial charge in [-0.05, 0) is 31.4 Å². The largest absolute Gasteiger partial charge is 0.356 e. The Morgan fingerprint density at radius 3 is 2.80 bits per heavy atom. The van der Waals surface area contributed by atoms with Crippen LogP contribution < -0.4 is 4.90 Å². The molecule has 0 aromatic carbocycles. The fourth-order valence-electron chi connectivity index (χ4n) is 2.21. The summed E-state index contributed by atoms with van der Waals surface area (Å²) in [6.45, 7) is 4.34. The zero-order valence-corrected chi connectivity index (χ0v) is 8.85. The van der Waals surface area contributed by atoms with E-state index in [4.69, 9.17) is 0 Å². The average Bonchev–Trinajstić information content (AvgIpc) is 2.88. The molecule has 4 nitrogen and oxygen atoms in total. The van der Waals surface area contributed by atoms with Crippen LogP contribution in [0.5, 0.6) is 0 Å². The number of nitrogens with zero attached hydrogens (tertiary/aromatic N) is 4. The fraction of sp³-hybridized carbons (Fsp3) is 0.455. The highest BCUT2D eigenvalue weighted by molar-refractivity contribution is 5.55. The maximum atomic E-state index is 4.29. The third-order valence-corrected chi connectivity index (χ3v) is 3.03. The molecule has 0 saturated carbocycles. The third-order valence-electron chi connectivity index (χ3n) is 3.03. The summed E-state index contributed by atoms with van der Waals surface area (Å²) in [5.41, 5.74) is 2.15. The van der Waals surface area contributed by atoms with Gasteiger partial charge in [0.05, 0.1) is 0 Å². The van der Waals surface area contributed by atoms with Crippen LogP contribution in [0.15, 0.2) is 18.5 Å². The van der Waals surface area contributed by atoms with E-state index in [-0.39, 0.29) is 0 Å². The highest BCUT2D eigenvalue weighted by atomic mass is 15.4. The lowest BCUT2D eigenvalue weighted by Crippen LogP contribution is -2.20. The first kappa shape index (κ1) is 8.71. The second-order valence-electron chi connectivity index (χ2n) is 4.06. The number of aromatic nitrogens is 3. The minimum absolute atomic E-state index is 0.972. The smallest absolute Gasteiger partial charge is 0.160 e. The molecule has 0 spiro atoms. The van der Waals surface area contributed by atoms with E-state index in [9.17, 15) is 0 Å². The van der Waals surface area contributed by atoms with Gasteiger partial charge in [-0.2, -0.15) is 9.61 Å². The van der Waals surface area contributed by atoms with Crippen molar-refractivity contribution in [3.8, 4) is 0 Å². The first-order valence-corrected chi connectivity index (χ1v) is 5.40. The predicted octanol–water partition coefficient (Wildman–Crippen LogP) is 1.64. The molecule has 0 unspecified atom stereocenters. The zero-order valence-electron chi connectivity index (χ0n) is 8.85. The maximum Gasteiger partial charge on any atom is 0.160 e. The van der Waals surface area contributed by atoms with E-state index in [2.05, 4.69) is 34.0 Å². The van der Waals surface area contributed by atoms with Gasteiger partial charge in [-0.1, -0.05) is 6.07 Å². The molecule has 3 heterocycles. The van der Waals surface area contributed by atoms with Gasteiger partial charge in [-0.25, -0.2) is 4.98 Å². The van der Waals surface area contributed by atoms with Crippen molar-refractivity contribution in [1.82, 2.24) is 14.6 Å². The number of pyridine rings is 1. The molecule has 0 radical (unpaired) electrons. The summed E-state index contributed by atoms with van der Waals surface area (Å²) in [6, 6.07) is 4.26.